The molecule has 0 fully saturated rings. The molecule has 0 radical (unpaired) electrons. The maximum Gasteiger partial charge on any atom is 0.303 e. The Morgan fingerprint density at radius 1 is 1.71 bits per heavy atom. The van der Waals surface area contributed by atoms with Gasteiger partial charge in [0.15, 0.2) is 0 Å². The number of carbonyl (C=O) groups excluding carboxylic acids is 1. The van der Waals surface area contributed by atoms with E-state index in [1.165, 1.54) is 6.92 Å². The molecule has 0 aliphatic carbocycles. The second-order valence-electron chi connectivity index (χ2n) is 3.47. The number of esters is 1. The van der Waals surface area contributed by atoms with E-state index in [-0.39, 0.29) is 24.1 Å². The molecule has 1 aliphatic rings. The first-order valence-corrected chi connectivity index (χ1v) is 5.82. The zero-order valence-electron chi connectivity index (χ0n) is 8.62. The van der Waals surface area contributed by atoms with E-state index < -0.39 is 0 Å². The highest BCUT2D eigenvalue weighted by Gasteiger charge is 2.33. The third-order valence-corrected chi connectivity index (χ3v) is 3.25. The summed E-state index contributed by atoms with van der Waals surface area (Å²) in [4.78, 5) is 10.9. The summed E-state index contributed by atoms with van der Waals surface area (Å²) < 4.78 is 11.7. The van der Waals surface area contributed by atoms with Crippen LogP contribution < -0.4 is 0 Å². The number of rotatable bonds is 2. The summed E-state index contributed by atoms with van der Waals surface area (Å²) in [5.41, 5.74) is 0. The Balaban J connectivity index is 2.74. The Morgan fingerprint density at radius 3 is 2.86 bits per heavy atom. The summed E-state index contributed by atoms with van der Waals surface area (Å²) >= 11 is 2.15. The third-order valence-electron chi connectivity index (χ3n) is 2.39. The maximum atomic E-state index is 10.9. The van der Waals surface area contributed by atoms with Gasteiger partial charge >= 0.3 is 5.97 Å². The minimum atomic E-state index is -0.235. The van der Waals surface area contributed by atoms with Crippen LogP contribution in [0.15, 0.2) is 9.84 Å². The normalized spacial score (nSPS) is 31.7. The van der Waals surface area contributed by atoms with Crippen LogP contribution in [0.2, 0.25) is 0 Å². The molecule has 3 atom stereocenters. The van der Waals surface area contributed by atoms with Gasteiger partial charge in [0.2, 0.25) is 0 Å². The Labute approximate surface area is 98.0 Å². The van der Waals surface area contributed by atoms with Crippen molar-refractivity contribution < 1.29 is 14.3 Å². The van der Waals surface area contributed by atoms with E-state index in [9.17, 15) is 4.79 Å². The Bertz CT molecular complexity index is 250. The Morgan fingerprint density at radius 2 is 2.36 bits per heavy atom. The number of halogens is 1. The average Bonchev–Trinajstić information content (AvgIpc) is 2.12. The molecule has 3 nitrogen and oxygen atoms in total. The first-order valence-electron chi connectivity index (χ1n) is 4.74. The Hall–Kier alpha value is -0.260. The van der Waals surface area contributed by atoms with Gasteiger partial charge in [-0.15, -0.1) is 0 Å². The van der Waals surface area contributed by atoms with Crippen molar-refractivity contribution in [2.75, 3.05) is 0 Å². The molecular weight excluding hydrogens is 295 g/mol. The second-order valence-corrected chi connectivity index (χ2v) is 4.72. The number of ether oxygens (including phenoxy) is 2. The van der Waals surface area contributed by atoms with Crippen LogP contribution in [0.25, 0.3) is 0 Å². The van der Waals surface area contributed by atoms with E-state index in [0.29, 0.717) is 0 Å². The van der Waals surface area contributed by atoms with Crippen LogP contribution in [0.4, 0.5) is 0 Å². The summed E-state index contributed by atoms with van der Waals surface area (Å²) in [7, 11) is 0. The lowest BCUT2D eigenvalue weighted by atomic mass is 9.94. The summed E-state index contributed by atoms with van der Waals surface area (Å²) in [6.07, 6.45) is 2.64. The molecule has 1 aliphatic heterocycles. The van der Waals surface area contributed by atoms with Gasteiger partial charge in [-0.3, -0.25) is 4.79 Å². The topological polar surface area (TPSA) is 35.5 Å². The SMILES string of the molecule is CC[C@H]1OC=C(I)[C@@H](OC(C)=O)[C@H]1C. The van der Waals surface area contributed by atoms with Crippen molar-refractivity contribution in [1.82, 2.24) is 0 Å². The van der Waals surface area contributed by atoms with Crippen LogP contribution in [0.1, 0.15) is 27.2 Å². The molecule has 0 bridgehead atoms. The zero-order chi connectivity index (χ0) is 10.7. The van der Waals surface area contributed by atoms with E-state index in [1.54, 1.807) is 6.26 Å². The number of hydrogen-bond donors (Lipinski definition) is 0. The summed E-state index contributed by atoms with van der Waals surface area (Å²) in [5, 5.41) is 0. The highest BCUT2D eigenvalue weighted by molar-refractivity contribution is 14.1. The number of hydrogen-bond acceptors (Lipinski definition) is 3. The molecule has 0 aromatic carbocycles. The lowest BCUT2D eigenvalue weighted by molar-refractivity contribution is -0.149. The number of carbonyl (C=O) groups is 1. The molecule has 0 aromatic heterocycles. The molecule has 4 heteroatoms. The molecule has 1 heterocycles. The van der Waals surface area contributed by atoms with Gasteiger partial charge in [-0.05, 0) is 29.0 Å². The van der Waals surface area contributed by atoms with Crippen LogP contribution in [0.3, 0.4) is 0 Å². The standard InChI is InChI=1S/C10H15IO3/c1-4-9-6(2)10(14-7(3)12)8(11)5-13-9/h5-6,9-10H,4H2,1-3H3/t6-,9+,10-/m0/s1. The molecule has 1 rings (SSSR count). The van der Waals surface area contributed by atoms with Crippen molar-refractivity contribution in [3.63, 3.8) is 0 Å². The molecule has 0 N–H and O–H groups in total. The van der Waals surface area contributed by atoms with Gasteiger partial charge in [-0.1, -0.05) is 13.8 Å². The highest BCUT2D eigenvalue weighted by atomic mass is 127. The molecule has 0 spiro atoms. The second kappa shape index (κ2) is 5.00. The summed E-state index contributed by atoms with van der Waals surface area (Å²) in [5.74, 6) is -0.0121. The molecule has 0 saturated heterocycles. The fourth-order valence-corrected chi connectivity index (χ4v) is 2.44. The molecule has 0 aromatic rings. The monoisotopic (exact) mass is 310 g/mol. The van der Waals surface area contributed by atoms with Crippen molar-refractivity contribution >= 4 is 28.6 Å². The maximum absolute atomic E-state index is 10.9. The van der Waals surface area contributed by atoms with Gasteiger partial charge in [0.25, 0.3) is 0 Å². The first-order chi connectivity index (χ1) is 6.56. The van der Waals surface area contributed by atoms with Crippen molar-refractivity contribution in [1.29, 1.82) is 0 Å². The predicted octanol–water partition coefficient (Wildman–Crippen LogP) is 2.64. The van der Waals surface area contributed by atoms with E-state index in [2.05, 4.69) is 29.5 Å². The van der Waals surface area contributed by atoms with Gasteiger partial charge in [0.05, 0.1) is 9.84 Å². The fraction of sp³-hybridized carbons (Fsp3) is 0.700. The van der Waals surface area contributed by atoms with E-state index in [0.717, 1.165) is 10.0 Å². The van der Waals surface area contributed by atoms with Gasteiger partial charge in [-0.25, -0.2) is 0 Å². The quantitative estimate of drug-likeness (QED) is 0.581. The molecule has 0 amide bonds. The van der Waals surface area contributed by atoms with Gasteiger partial charge in [-0.2, -0.15) is 0 Å². The fourth-order valence-electron chi connectivity index (χ4n) is 1.60. The summed E-state index contributed by atoms with van der Waals surface area (Å²) in [6.45, 7) is 5.55. The molecule has 0 unspecified atom stereocenters. The average molecular weight is 310 g/mol. The van der Waals surface area contributed by atoms with Crippen LogP contribution in [-0.4, -0.2) is 18.2 Å². The molecule has 14 heavy (non-hydrogen) atoms. The lowest BCUT2D eigenvalue weighted by Crippen LogP contribution is -2.37. The van der Waals surface area contributed by atoms with Crippen LogP contribution in [0, 0.1) is 5.92 Å². The minimum Gasteiger partial charge on any atom is -0.497 e. The van der Waals surface area contributed by atoms with Crippen molar-refractivity contribution in [3.05, 3.63) is 9.84 Å². The lowest BCUT2D eigenvalue weighted by Gasteiger charge is -2.33. The largest absolute Gasteiger partial charge is 0.497 e. The van der Waals surface area contributed by atoms with Gasteiger partial charge < -0.3 is 9.47 Å². The van der Waals surface area contributed by atoms with Crippen LogP contribution >= 0.6 is 22.6 Å². The third kappa shape index (κ3) is 2.62. The zero-order valence-corrected chi connectivity index (χ0v) is 10.8. The van der Waals surface area contributed by atoms with Crippen molar-refractivity contribution in [3.8, 4) is 0 Å². The predicted molar refractivity (Wildman–Crippen MR) is 62.0 cm³/mol. The van der Waals surface area contributed by atoms with E-state index in [1.807, 2.05) is 6.92 Å². The minimum absolute atomic E-state index is 0.133. The van der Waals surface area contributed by atoms with Crippen molar-refractivity contribution in [2.24, 2.45) is 5.92 Å². The molecule has 0 saturated carbocycles. The van der Waals surface area contributed by atoms with Gasteiger partial charge in [0.1, 0.15) is 12.2 Å². The Kier molecular flexibility index (Phi) is 4.22. The van der Waals surface area contributed by atoms with Crippen molar-refractivity contribution in [2.45, 2.75) is 39.4 Å². The van der Waals surface area contributed by atoms with E-state index >= 15 is 0 Å². The highest BCUT2D eigenvalue weighted by Crippen LogP contribution is 2.32. The molecular formula is C10H15IO3. The molecule has 80 valence electrons. The van der Waals surface area contributed by atoms with Crippen LogP contribution in [0.5, 0.6) is 0 Å². The van der Waals surface area contributed by atoms with Crippen LogP contribution in [-0.2, 0) is 14.3 Å². The summed E-state index contributed by atoms with van der Waals surface area (Å²) in [6, 6.07) is 0. The van der Waals surface area contributed by atoms with Gasteiger partial charge in [0, 0.05) is 12.8 Å². The smallest absolute Gasteiger partial charge is 0.303 e. The van der Waals surface area contributed by atoms with E-state index in [4.69, 9.17) is 9.47 Å². The first kappa shape index (κ1) is 11.8.